The molecule has 1 aromatic heterocycles. The first-order valence-corrected chi connectivity index (χ1v) is 9.31. The number of rotatable bonds is 7. The number of nitrogens with one attached hydrogen (secondary N) is 2. The van der Waals surface area contributed by atoms with E-state index >= 15 is 0 Å². The minimum Gasteiger partial charge on any atom is -0.383 e. The summed E-state index contributed by atoms with van der Waals surface area (Å²) in [5.74, 6) is 0.259. The van der Waals surface area contributed by atoms with Crippen molar-refractivity contribution in [1.29, 1.82) is 0 Å². The second-order valence-corrected chi connectivity index (χ2v) is 7.96. The highest BCUT2D eigenvalue weighted by Gasteiger charge is 2.13. The number of pyridine rings is 1. The SMILES string of the molecule is CN(C)S(=O)(=O)Nc1ccc(NCCc2ccc(Cl)cc2Cl)cn1. The summed E-state index contributed by atoms with van der Waals surface area (Å²) in [6, 6.07) is 8.76. The molecule has 0 aliphatic heterocycles. The lowest BCUT2D eigenvalue weighted by Gasteiger charge is -2.13. The number of benzene rings is 1. The second kappa shape index (κ2) is 8.02. The van der Waals surface area contributed by atoms with Crippen molar-refractivity contribution in [1.82, 2.24) is 9.29 Å². The summed E-state index contributed by atoms with van der Waals surface area (Å²) >= 11 is 12.0. The van der Waals surface area contributed by atoms with Crippen LogP contribution in [-0.2, 0) is 16.6 Å². The molecule has 0 saturated carbocycles. The van der Waals surface area contributed by atoms with Crippen LogP contribution in [0.4, 0.5) is 11.5 Å². The van der Waals surface area contributed by atoms with E-state index < -0.39 is 10.2 Å². The maximum absolute atomic E-state index is 11.7. The van der Waals surface area contributed by atoms with Crippen molar-refractivity contribution < 1.29 is 8.42 Å². The van der Waals surface area contributed by atoms with Crippen LogP contribution < -0.4 is 10.0 Å². The minimum atomic E-state index is -3.55. The average molecular weight is 389 g/mol. The van der Waals surface area contributed by atoms with E-state index in [0.29, 0.717) is 16.6 Å². The van der Waals surface area contributed by atoms with Gasteiger partial charge in [-0.05, 0) is 36.2 Å². The van der Waals surface area contributed by atoms with Gasteiger partial charge < -0.3 is 5.32 Å². The van der Waals surface area contributed by atoms with Gasteiger partial charge in [0.2, 0.25) is 0 Å². The number of anilines is 2. The van der Waals surface area contributed by atoms with E-state index in [1.54, 1.807) is 30.5 Å². The summed E-state index contributed by atoms with van der Waals surface area (Å²) in [5, 5.41) is 4.45. The Morgan fingerprint density at radius 3 is 2.50 bits per heavy atom. The van der Waals surface area contributed by atoms with Crippen LogP contribution in [-0.4, -0.2) is 38.3 Å². The summed E-state index contributed by atoms with van der Waals surface area (Å²) in [7, 11) is -0.661. The average Bonchev–Trinajstić information content (AvgIpc) is 2.50. The first-order valence-electron chi connectivity index (χ1n) is 7.12. The van der Waals surface area contributed by atoms with Gasteiger partial charge in [0.15, 0.2) is 0 Å². The highest BCUT2D eigenvalue weighted by Crippen LogP contribution is 2.21. The number of aromatic nitrogens is 1. The Hall–Kier alpha value is -1.54. The van der Waals surface area contributed by atoms with Crippen LogP contribution in [0.3, 0.4) is 0 Å². The van der Waals surface area contributed by atoms with Crippen LogP contribution in [0.1, 0.15) is 5.56 Å². The Morgan fingerprint density at radius 2 is 1.92 bits per heavy atom. The van der Waals surface area contributed by atoms with Gasteiger partial charge in [0.05, 0.1) is 11.9 Å². The van der Waals surface area contributed by atoms with E-state index in [4.69, 9.17) is 23.2 Å². The van der Waals surface area contributed by atoms with Gasteiger partial charge in [-0.3, -0.25) is 4.72 Å². The molecule has 24 heavy (non-hydrogen) atoms. The molecule has 0 radical (unpaired) electrons. The number of nitrogens with zero attached hydrogens (tertiary/aromatic N) is 2. The lowest BCUT2D eigenvalue weighted by atomic mass is 10.1. The zero-order valence-electron chi connectivity index (χ0n) is 13.3. The molecule has 0 aliphatic rings. The molecular weight excluding hydrogens is 371 g/mol. The molecule has 2 aromatic rings. The lowest BCUT2D eigenvalue weighted by molar-refractivity contribution is 0.526. The van der Waals surface area contributed by atoms with Crippen molar-refractivity contribution in [2.45, 2.75) is 6.42 Å². The number of hydrogen-bond acceptors (Lipinski definition) is 4. The molecule has 0 spiro atoms. The molecule has 0 bridgehead atoms. The summed E-state index contributed by atoms with van der Waals surface area (Å²) in [4.78, 5) is 4.08. The van der Waals surface area contributed by atoms with Crippen molar-refractivity contribution in [2.24, 2.45) is 0 Å². The molecule has 6 nitrogen and oxygen atoms in total. The zero-order chi connectivity index (χ0) is 17.7. The summed E-state index contributed by atoms with van der Waals surface area (Å²) in [6.07, 6.45) is 2.29. The van der Waals surface area contributed by atoms with E-state index in [1.807, 2.05) is 6.07 Å². The molecule has 0 atom stereocenters. The van der Waals surface area contributed by atoms with Gasteiger partial charge in [0, 0.05) is 30.7 Å². The van der Waals surface area contributed by atoms with Crippen molar-refractivity contribution in [3.63, 3.8) is 0 Å². The van der Waals surface area contributed by atoms with Crippen LogP contribution in [0, 0.1) is 0 Å². The van der Waals surface area contributed by atoms with Crippen molar-refractivity contribution in [3.05, 3.63) is 52.1 Å². The fourth-order valence-electron chi connectivity index (χ4n) is 1.85. The monoisotopic (exact) mass is 388 g/mol. The van der Waals surface area contributed by atoms with E-state index in [9.17, 15) is 8.42 Å². The highest BCUT2D eigenvalue weighted by atomic mass is 35.5. The quantitative estimate of drug-likeness (QED) is 0.762. The molecule has 0 fully saturated rings. The fourth-order valence-corrected chi connectivity index (χ4v) is 2.92. The van der Waals surface area contributed by atoms with E-state index in [2.05, 4.69) is 15.0 Å². The largest absolute Gasteiger partial charge is 0.383 e. The van der Waals surface area contributed by atoms with Gasteiger partial charge in [-0.2, -0.15) is 12.7 Å². The molecule has 0 aliphatic carbocycles. The Kier molecular flexibility index (Phi) is 6.28. The molecule has 0 amide bonds. The van der Waals surface area contributed by atoms with Crippen LogP contribution >= 0.6 is 23.2 Å². The summed E-state index contributed by atoms with van der Waals surface area (Å²) in [6.45, 7) is 0.659. The van der Waals surface area contributed by atoms with Gasteiger partial charge in [0.25, 0.3) is 0 Å². The van der Waals surface area contributed by atoms with Crippen LogP contribution in [0.5, 0.6) is 0 Å². The second-order valence-electron chi connectivity index (χ2n) is 5.23. The summed E-state index contributed by atoms with van der Waals surface area (Å²) < 4.78 is 26.9. The first kappa shape index (κ1) is 18.8. The maximum atomic E-state index is 11.7. The highest BCUT2D eigenvalue weighted by molar-refractivity contribution is 7.90. The van der Waals surface area contributed by atoms with Crippen LogP contribution in [0.2, 0.25) is 10.0 Å². The lowest BCUT2D eigenvalue weighted by Crippen LogP contribution is -2.29. The van der Waals surface area contributed by atoms with Gasteiger partial charge in [-0.25, -0.2) is 4.98 Å². The molecule has 1 heterocycles. The Bertz CT molecular complexity index is 796. The standard InChI is InChI=1S/C15H18Cl2N4O2S/c1-21(2)24(22,23)20-15-6-5-13(10-19-15)18-8-7-11-3-4-12(16)9-14(11)17/h3-6,9-10,18H,7-8H2,1-2H3,(H,19,20). The van der Waals surface area contributed by atoms with Gasteiger partial charge >= 0.3 is 10.2 Å². The normalized spacial score (nSPS) is 11.5. The summed E-state index contributed by atoms with van der Waals surface area (Å²) in [5.41, 5.74) is 1.78. The van der Waals surface area contributed by atoms with Gasteiger partial charge in [-0.15, -0.1) is 0 Å². The molecule has 1 aromatic carbocycles. The van der Waals surface area contributed by atoms with E-state index in [1.165, 1.54) is 14.1 Å². The van der Waals surface area contributed by atoms with Crippen LogP contribution in [0.15, 0.2) is 36.5 Å². The smallest absolute Gasteiger partial charge is 0.302 e. The van der Waals surface area contributed by atoms with Crippen LogP contribution in [0.25, 0.3) is 0 Å². The van der Waals surface area contributed by atoms with Crippen molar-refractivity contribution in [3.8, 4) is 0 Å². The first-order chi connectivity index (χ1) is 11.3. The fraction of sp³-hybridized carbons (Fsp3) is 0.267. The molecular formula is C15H18Cl2N4O2S. The molecule has 2 rings (SSSR count). The molecule has 9 heteroatoms. The predicted molar refractivity (Wildman–Crippen MR) is 99.1 cm³/mol. The Balaban J connectivity index is 1.90. The number of halogens is 2. The third-order valence-electron chi connectivity index (χ3n) is 3.22. The molecule has 130 valence electrons. The Morgan fingerprint density at radius 1 is 1.17 bits per heavy atom. The molecule has 2 N–H and O–H groups in total. The molecule has 0 unspecified atom stereocenters. The number of hydrogen-bond donors (Lipinski definition) is 2. The Labute approximate surface area is 152 Å². The van der Waals surface area contributed by atoms with Gasteiger partial charge in [0.1, 0.15) is 5.82 Å². The van der Waals surface area contributed by atoms with Crippen molar-refractivity contribution in [2.75, 3.05) is 30.7 Å². The van der Waals surface area contributed by atoms with E-state index in [-0.39, 0.29) is 5.82 Å². The predicted octanol–water partition coefficient (Wildman–Crippen LogP) is 3.26. The third-order valence-corrected chi connectivity index (χ3v) is 5.23. The van der Waals surface area contributed by atoms with Gasteiger partial charge in [-0.1, -0.05) is 29.3 Å². The molecule has 0 saturated heterocycles. The van der Waals surface area contributed by atoms with Crippen molar-refractivity contribution >= 4 is 44.9 Å². The third kappa shape index (κ3) is 5.24. The topological polar surface area (TPSA) is 74.3 Å². The van der Waals surface area contributed by atoms with E-state index in [0.717, 1.165) is 22.0 Å². The maximum Gasteiger partial charge on any atom is 0.302 e. The minimum absolute atomic E-state index is 0.259. The zero-order valence-corrected chi connectivity index (χ0v) is 15.6.